The van der Waals surface area contributed by atoms with E-state index in [4.69, 9.17) is 11.5 Å². The van der Waals surface area contributed by atoms with E-state index in [2.05, 4.69) is 27.0 Å². The van der Waals surface area contributed by atoms with Gasteiger partial charge in [0.1, 0.15) is 6.17 Å². The van der Waals surface area contributed by atoms with Gasteiger partial charge in [-0.1, -0.05) is 36.4 Å². The summed E-state index contributed by atoms with van der Waals surface area (Å²) in [7, 11) is 1.70. The SMILES string of the molecule is CN1C(N)=Nc2nc(-c3c(N4CCN(Cc5ccccc5)CC4)cccc3C(F)(F)F)ccc2C1N. The summed E-state index contributed by atoms with van der Waals surface area (Å²) in [5.74, 6) is 0.407. The Morgan fingerprint density at radius 3 is 2.36 bits per heavy atom. The molecule has 3 aromatic rings. The molecule has 1 atom stereocenters. The minimum atomic E-state index is -4.54. The number of pyridine rings is 1. The van der Waals surface area contributed by atoms with E-state index >= 15 is 0 Å². The summed E-state index contributed by atoms with van der Waals surface area (Å²) in [6.45, 7) is 3.50. The highest BCUT2D eigenvalue weighted by molar-refractivity contribution is 5.85. The lowest BCUT2D eigenvalue weighted by Crippen LogP contribution is -2.46. The first kappa shape index (κ1) is 24.1. The highest BCUT2D eigenvalue weighted by atomic mass is 19.4. The molecule has 1 aromatic heterocycles. The van der Waals surface area contributed by atoms with Crippen molar-refractivity contribution in [3.63, 3.8) is 0 Å². The van der Waals surface area contributed by atoms with Gasteiger partial charge in [-0.05, 0) is 29.8 Å². The summed E-state index contributed by atoms with van der Waals surface area (Å²) in [6.07, 6.45) is -5.12. The zero-order valence-corrected chi connectivity index (χ0v) is 19.9. The summed E-state index contributed by atoms with van der Waals surface area (Å²) in [5.41, 5.74) is 14.0. The molecule has 36 heavy (non-hydrogen) atoms. The molecule has 7 nitrogen and oxygen atoms in total. The van der Waals surface area contributed by atoms with Crippen molar-refractivity contribution in [2.24, 2.45) is 16.5 Å². The number of nitrogens with two attached hydrogens (primary N) is 2. The van der Waals surface area contributed by atoms with Gasteiger partial charge in [0.05, 0.1) is 11.3 Å². The fourth-order valence-electron chi connectivity index (χ4n) is 4.75. The lowest BCUT2D eigenvalue weighted by molar-refractivity contribution is -0.137. The van der Waals surface area contributed by atoms with Gasteiger partial charge in [0.2, 0.25) is 0 Å². The summed E-state index contributed by atoms with van der Waals surface area (Å²) in [5, 5.41) is 0. The number of rotatable bonds is 4. The van der Waals surface area contributed by atoms with Gasteiger partial charge in [-0.25, -0.2) is 4.98 Å². The van der Waals surface area contributed by atoms with Crippen LogP contribution in [0.25, 0.3) is 11.3 Å². The van der Waals surface area contributed by atoms with E-state index in [-0.39, 0.29) is 23.0 Å². The maximum absolute atomic E-state index is 14.2. The molecular weight excluding hydrogens is 467 g/mol. The molecule has 10 heteroatoms. The number of guanidine groups is 1. The lowest BCUT2D eigenvalue weighted by atomic mass is 9.98. The summed E-state index contributed by atoms with van der Waals surface area (Å²) < 4.78 is 42.5. The van der Waals surface area contributed by atoms with Crippen molar-refractivity contribution < 1.29 is 13.2 Å². The summed E-state index contributed by atoms with van der Waals surface area (Å²) >= 11 is 0. The Labute approximate surface area is 207 Å². The third-order valence-corrected chi connectivity index (χ3v) is 6.79. The number of piperazine rings is 1. The minimum absolute atomic E-state index is 0.0468. The van der Waals surface area contributed by atoms with E-state index < -0.39 is 17.9 Å². The predicted molar refractivity (Wildman–Crippen MR) is 135 cm³/mol. The van der Waals surface area contributed by atoms with Gasteiger partial charge in [0, 0.05) is 56.6 Å². The molecule has 2 aliphatic rings. The smallest absolute Gasteiger partial charge is 0.369 e. The predicted octanol–water partition coefficient (Wildman–Crippen LogP) is 3.94. The van der Waals surface area contributed by atoms with Gasteiger partial charge in [-0.3, -0.25) is 4.90 Å². The number of aromatic nitrogens is 1. The van der Waals surface area contributed by atoms with E-state index in [1.807, 2.05) is 23.1 Å². The first-order chi connectivity index (χ1) is 17.2. The number of aliphatic imine (C=N–C) groups is 1. The van der Waals surface area contributed by atoms with Gasteiger partial charge in [0.15, 0.2) is 11.8 Å². The average molecular weight is 496 g/mol. The first-order valence-corrected chi connectivity index (χ1v) is 11.8. The van der Waals surface area contributed by atoms with Crippen LogP contribution < -0.4 is 16.4 Å². The van der Waals surface area contributed by atoms with E-state index in [0.29, 0.717) is 24.3 Å². The van der Waals surface area contributed by atoms with Crippen molar-refractivity contribution in [1.82, 2.24) is 14.8 Å². The van der Waals surface area contributed by atoms with Gasteiger partial charge >= 0.3 is 6.18 Å². The topological polar surface area (TPSA) is 87.0 Å². The van der Waals surface area contributed by atoms with Crippen LogP contribution in [-0.2, 0) is 12.7 Å². The number of fused-ring (bicyclic) bond motifs is 1. The monoisotopic (exact) mass is 495 g/mol. The average Bonchev–Trinajstić information content (AvgIpc) is 2.87. The number of hydrogen-bond acceptors (Lipinski definition) is 7. The Hall–Kier alpha value is -3.63. The molecule has 0 radical (unpaired) electrons. The van der Waals surface area contributed by atoms with Crippen molar-refractivity contribution in [1.29, 1.82) is 0 Å². The van der Waals surface area contributed by atoms with Crippen molar-refractivity contribution in [2.75, 3.05) is 38.1 Å². The molecule has 2 aliphatic heterocycles. The zero-order chi connectivity index (χ0) is 25.4. The van der Waals surface area contributed by atoms with Crippen LogP contribution in [0.1, 0.15) is 22.9 Å². The fourth-order valence-corrected chi connectivity index (χ4v) is 4.75. The van der Waals surface area contributed by atoms with Crippen LogP contribution >= 0.6 is 0 Å². The minimum Gasteiger partial charge on any atom is -0.369 e. The second-order valence-corrected chi connectivity index (χ2v) is 9.08. The van der Waals surface area contributed by atoms with Crippen LogP contribution in [0.2, 0.25) is 0 Å². The molecule has 5 rings (SSSR count). The van der Waals surface area contributed by atoms with E-state index in [9.17, 15) is 13.2 Å². The van der Waals surface area contributed by atoms with E-state index in [1.165, 1.54) is 11.6 Å². The Bertz CT molecular complexity index is 1270. The number of alkyl halides is 3. The molecule has 1 unspecified atom stereocenters. The normalized spacial score (nSPS) is 18.7. The van der Waals surface area contributed by atoms with Crippen LogP contribution in [0.15, 0.2) is 65.7 Å². The van der Waals surface area contributed by atoms with E-state index in [0.717, 1.165) is 25.7 Å². The van der Waals surface area contributed by atoms with Crippen LogP contribution in [0.4, 0.5) is 24.7 Å². The molecular formula is C26H28F3N7. The summed E-state index contributed by atoms with van der Waals surface area (Å²) in [4.78, 5) is 14.7. The number of nitrogens with zero attached hydrogens (tertiary/aromatic N) is 5. The largest absolute Gasteiger partial charge is 0.417 e. The zero-order valence-electron chi connectivity index (χ0n) is 19.9. The van der Waals surface area contributed by atoms with Crippen molar-refractivity contribution in [3.05, 3.63) is 77.4 Å². The Kier molecular flexibility index (Phi) is 6.31. The second kappa shape index (κ2) is 9.44. The first-order valence-electron chi connectivity index (χ1n) is 11.8. The van der Waals surface area contributed by atoms with Gasteiger partial charge in [-0.15, -0.1) is 0 Å². The molecule has 0 saturated carbocycles. The molecule has 1 saturated heterocycles. The maximum atomic E-state index is 14.2. The fraction of sp³-hybridized carbons (Fsp3) is 0.308. The molecule has 188 valence electrons. The highest BCUT2D eigenvalue weighted by Gasteiger charge is 2.37. The second-order valence-electron chi connectivity index (χ2n) is 9.08. The Morgan fingerprint density at radius 1 is 0.944 bits per heavy atom. The molecule has 2 aromatic carbocycles. The van der Waals surface area contributed by atoms with Crippen LogP contribution in [-0.4, -0.2) is 54.0 Å². The third-order valence-electron chi connectivity index (χ3n) is 6.79. The highest BCUT2D eigenvalue weighted by Crippen LogP contribution is 2.43. The summed E-state index contributed by atoms with van der Waals surface area (Å²) in [6, 6.07) is 17.7. The van der Waals surface area contributed by atoms with Crippen molar-refractivity contribution in [2.45, 2.75) is 18.9 Å². The molecule has 3 heterocycles. The Morgan fingerprint density at radius 2 is 1.67 bits per heavy atom. The van der Waals surface area contributed by atoms with Gasteiger partial charge in [0.25, 0.3) is 0 Å². The molecule has 0 spiro atoms. The molecule has 4 N–H and O–H groups in total. The molecule has 1 fully saturated rings. The van der Waals surface area contributed by atoms with Gasteiger partial charge < -0.3 is 21.3 Å². The van der Waals surface area contributed by atoms with Crippen LogP contribution in [0.3, 0.4) is 0 Å². The number of anilines is 1. The van der Waals surface area contributed by atoms with E-state index in [1.54, 1.807) is 30.1 Å². The lowest BCUT2D eigenvalue weighted by Gasteiger charge is -2.37. The molecule has 0 amide bonds. The maximum Gasteiger partial charge on any atom is 0.417 e. The number of hydrogen-bond donors (Lipinski definition) is 2. The number of halogens is 3. The van der Waals surface area contributed by atoms with Crippen LogP contribution in [0.5, 0.6) is 0 Å². The quantitative estimate of drug-likeness (QED) is 0.570. The van der Waals surface area contributed by atoms with Gasteiger partial charge in [-0.2, -0.15) is 18.2 Å². The number of benzene rings is 2. The van der Waals surface area contributed by atoms with Crippen molar-refractivity contribution >= 4 is 17.5 Å². The molecule has 0 bridgehead atoms. The van der Waals surface area contributed by atoms with Crippen LogP contribution in [0, 0.1) is 0 Å². The Balaban J connectivity index is 1.49. The third kappa shape index (κ3) is 4.61. The standard InChI is InChI=1S/C26H28F3N7/c1-34-23(30)18-10-11-20(32-24(18)33-25(34)31)22-19(26(27,28)29)8-5-9-21(22)36-14-12-35(13-15-36)16-17-6-3-2-4-7-17/h2-11,23H,12-16,30H2,1H3,(H2,31,32,33). The van der Waals surface area contributed by atoms with Crippen molar-refractivity contribution in [3.8, 4) is 11.3 Å². The molecule has 0 aliphatic carbocycles.